The van der Waals surface area contributed by atoms with Crippen molar-refractivity contribution in [3.63, 3.8) is 0 Å². The van der Waals surface area contributed by atoms with Gasteiger partial charge in [0, 0.05) is 36.5 Å². The minimum Gasteiger partial charge on any atom is -0.382 e. The van der Waals surface area contributed by atoms with Crippen LogP contribution in [0.15, 0.2) is 11.5 Å². The third-order valence-corrected chi connectivity index (χ3v) is 5.87. The summed E-state index contributed by atoms with van der Waals surface area (Å²) in [5.74, 6) is 1.11. The molecule has 23 heavy (non-hydrogen) atoms. The van der Waals surface area contributed by atoms with E-state index in [9.17, 15) is 4.79 Å². The molecule has 3 atom stereocenters. The van der Waals surface area contributed by atoms with Crippen molar-refractivity contribution in [3.05, 3.63) is 17.7 Å². The molecule has 3 heterocycles. The van der Waals surface area contributed by atoms with Crippen LogP contribution in [0.4, 0.5) is 0 Å². The molecule has 0 bridgehead atoms. The molecule has 2 aliphatic heterocycles. The largest absolute Gasteiger partial charge is 0.382 e. The van der Waals surface area contributed by atoms with Crippen LogP contribution < -0.4 is 0 Å². The van der Waals surface area contributed by atoms with Crippen LogP contribution in [0.2, 0.25) is 0 Å². The van der Waals surface area contributed by atoms with Crippen molar-refractivity contribution < 1.29 is 9.63 Å². The normalized spacial score (nSPS) is 32.8. The highest BCUT2D eigenvalue weighted by Crippen LogP contribution is 2.40. The maximum atomic E-state index is 13.0. The summed E-state index contributed by atoms with van der Waals surface area (Å²) in [5.41, 5.74) is 3.55. The molecule has 2 fully saturated rings. The van der Waals surface area contributed by atoms with E-state index in [2.05, 4.69) is 20.0 Å². The molecule has 1 aromatic rings. The van der Waals surface area contributed by atoms with Gasteiger partial charge in [0.05, 0.1) is 17.7 Å². The molecule has 0 aromatic carbocycles. The van der Waals surface area contributed by atoms with Crippen LogP contribution in [0.3, 0.4) is 0 Å². The first kappa shape index (κ1) is 13.6. The number of hydrogen-bond donors (Lipinski definition) is 1. The molecule has 6 nitrogen and oxygen atoms in total. The lowest BCUT2D eigenvalue weighted by Gasteiger charge is -2.43. The molecule has 0 spiro atoms. The zero-order valence-corrected chi connectivity index (χ0v) is 13.2. The topological polar surface area (TPSA) is 70.6 Å². The molecule has 2 aliphatic carbocycles. The smallest absolute Gasteiger partial charge is 0.267 e. The Kier molecular flexibility index (Phi) is 3.00. The highest BCUT2D eigenvalue weighted by Gasteiger charge is 2.44. The molecule has 3 unspecified atom stereocenters. The van der Waals surface area contributed by atoms with E-state index in [1.54, 1.807) is 6.33 Å². The van der Waals surface area contributed by atoms with Gasteiger partial charge in [-0.25, -0.2) is 4.98 Å². The number of hydrogen-bond acceptors (Lipinski definition) is 4. The van der Waals surface area contributed by atoms with Gasteiger partial charge in [-0.2, -0.15) is 0 Å². The van der Waals surface area contributed by atoms with Gasteiger partial charge >= 0.3 is 0 Å². The van der Waals surface area contributed by atoms with Crippen LogP contribution in [0.5, 0.6) is 0 Å². The molecule has 5 rings (SSSR count). The molecule has 1 amide bonds. The summed E-state index contributed by atoms with van der Waals surface area (Å²) >= 11 is 0. The number of nitrogens with zero attached hydrogens (tertiary/aromatic N) is 3. The van der Waals surface area contributed by atoms with Crippen LogP contribution in [-0.4, -0.2) is 45.2 Å². The highest BCUT2D eigenvalue weighted by molar-refractivity contribution is 5.95. The molecule has 4 aliphatic rings. The predicted octanol–water partition coefficient (Wildman–Crippen LogP) is 1.99. The summed E-state index contributed by atoms with van der Waals surface area (Å²) < 4.78 is 0. The van der Waals surface area contributed by atoms with Crippen molar-refractivity contribution >= 4 is 11.6 Å². The molecule has 1 aromatic heterocycles. The van der Waals surface area contributed by atoms with E-state index >= 15 is 0 Å². The zero-order valence-electron chi connectivity index (χ0n) is 13.2. The first-order valence-corrected chi connectivity index (χ1v) is 8.86. The number of amides is 1. The maximum Gasteiger partial charge on any atom is 0.267 e. The van der Waals surface area contributed by atoms with Gasteiger partial charge in [-0.1, -0.05) is 5.16 Å². The number of carbonyl (C=O) groups excluding carboxylic acids is 1. The number of likely N-dealkylation sites (tertiary alicyclic amines) is 1. The first-order valence-electron chi connectivity index (χ1n) is 8.86. The van der Waals surface area contributed by atoms with E-state index in [1.807, 2.05) is 0 Å². The lowest BCUT2D eigenvalue weighted by atomic mass is 9.78. The average molecular weight is 314 g/mol. The Hall–Kier alpha value is -1.85. The fourth-order valence-corrected chi connectivity index (χ4v) is 4.52. The fraction of sp³-hybridized carbons (Fsp3) is 0.706. The lowest BCUT2D eigenvalue weighted by Crippen LogP contribution is -2.52. The summed E-state index contributed by atoms with van der Waals surface area (Å²) in [7, 11) is 0. The van der Waals surface area contributed by atoms with E-state index in [0.717, 1.165) is 37.9 Å². The van der Waals surface area contributed by atoms with Crippen LogP contribution >= 0.6 is 0 Å². The van der Waals surface area contributed by atoms with E-state index in [4.69, 9.17) is 4.84 Å². The van der Waals surface area contributed by atoms with E-state index in [-0.39, 0.29) is 18.1 Å². The molecular formula is C17H22N4O2. The van der Waals surface area contributed by atoms with Crippen LogP contribution in [0, 0.1) is 5.92 Å². The number of nitrogens with one attached hydrogen (secondary N) is 1. The molecule has 1 N–H and O–H groups in total. The molecule has 6 heteroatoms. The number of imidazole rings is 1. The van der Waals surface area contributed by atoms with Gasteiger partial charge in [0.25, 0.3) is 5.91 Å². The summed E-state index contributed by atoms with van der Waals surface area (Å²) in [5, 5.41) is 4.18. The van der Waals surface area contributed by atoms with Gasteiger partial charge in [0.1, 0.15) is 0 Å². The first-order chi connectivity index (χ1) is 11.3. The van der Waals surface area contributed by atoms with Gasteiger partial charge in [-0.3, -0.25) is 4.79 Å². The van der Waals surface area contributed by atoms with E-state index in [1.165, 1.54) is 24.2 Å². The number of fused-ring (bicyclic) bond motifs is 3. The number of rotatable bonds is 2. The van der Waals surface area contributed by atoms with Crippen molar-refractivity contribution in [3.8, 4) is 0 Å². The quantitative estimate of drug-likeness (QED) is 0.907. The van der Waals surface area contributed by atoms with E-state index in [0.29, 0.717) is 18.3 Å². The Morgan fingerprint density at radius 2 is 2.22 bits per heavy atom. The molecule has 1 saturated heterocycles. The SMILES string of the molecule is O=C(C1CC(C2CC2)=NO1)N1CCCC2c3nc[nH]c3CCC21. The second-order valence-electron chi connectivity index (χ2n) is 7.31. The van der Waals surface area contributed by atoms with E-state index < -0.39 is 0 Å². The second-order valence-corrected chi connectivity index (χ2v) is 7.31. The Morgan fingerprint density at radius 3 is 3.09 bits per heavy atom. The Morgan fingerprint density at radius 1 is 1.30 bits per heavy atom. The number of aromatic nitrogens is 2. The van der Waals surface area contributed by atoms with Crippen LogP contribution in [-0.2, 0) is 16.1 Å². The molecule has 1 saturated carbocycles. The standard InChI is InChI=1S/C17H22N4O2/c22-17(15-8-13(20-23-15)10-3-4-10)21-7-1-2-11-14(21)6-5-12-16(11)19-9-18-12/h9-11,14-15H,1-8H2,(H,18,19). The molecule has 0 radical (unpaired) electrons. The van der Waals surface area contributed by atoms with Crippen molar-refractivity contribution in [2.45, 2.75) is 63.0 Å². The van der Waals surface area contributed by atoms with Gasteiger partial charge < -0.3 is 14.7 Å². The molecular weight excluding hydrogens is 292 g/mol. The van der Waals surface area contributed by atoms with Crippen molar-refractivity contribution in [2.24, 2.45) is 11.1 Å². The van der Waals surface area contributed by atoms with Crippen molar-refractivity contribution in [1.82, 2.24) is 14.9 Å². The fourth-order valence-electron chi connectivity index (χ4n) is 4.52. The summed E-state index contributed by atoms with van der Waals surface area (Å²) in [6.45, 7) is 0.846. The van der Waals surface area contributed by atoms with Gasteiger partial charge in [-0.15, -0.1) is 0 Å². The predicted molar refractivity (Wildman–Crippen MR) is 84.0 cm³/mol. The zero-order chi connectivity index (χ0) is 15.4. The second kappa shape index (κ2) is 5.08. The monoisotopic (exact) mass is 314 g/mol. The Bertz CT molecular complexity index is 663. The minimum absolute atomic E-state index is 0.137. The maximum absolute atomic E-state index is 13.0. The van der Waals surface area contributed by atoms with Crippen molar-refractivity contribution in [1.29, 1.82) is 0 Å². The Balaban J connectivity index is 1.34. The highest BCUT2D eigenvalue weighted by atomic mass is 16.6. The summed E-state index contributed by atoms with van der Waals surface area (Å²) in [4.78, 5) is 28.3. The molecule has 122 valence electrons. The number of oxime groups is 1. The van der Waals surface area contributed by atoms with Crippen molar-refractivity contribution in [2.75, 3.05) is 6.54 Å². The van der Waals surface area contributed by atoms with Crippen LogP contribution in [0.25, 0.3) is 0 Å². The summed E-state index contributed by atoms with van der Waals surface area (Å²) in [6.07, 6.45) is 8.70. The number of aryl methyl sites for hydroxylation is 1. The lowest BCUT2D eigenvalue weighted by molar-refractivity contribution is -0.146. The number of carbonyl (C=O) groups is 1. The third kappa shape index (κ3) is 2.18. The third-order valence-electron chi connectivity index (χ3n) is 5.87. The van der Waals surface area contributed by atoms with Gasteiger partial charge in [-0.05, 0) is 38.5 Å². The van der Waals surface area contributed by atoms with Crippen LogP contribution in [0.1, 0.15) is 55.8 Å². The Labute approximate surface area is 135 Å². The number of piperidine rings is 1. The van der Waals surface area contributed by atoms with Gasteiger partial charge in [0.2, 0.25) is 6.10 Å². The van der Waals surface area contributed by atoms with Gasteiger partial charge in [0.15, 0.2) is 0 Å². The average Bonchev–Trinajstić information content (AvgIpc) is 3.13. The number of aromatic amines is 1. The summed E-state index contributed by atoms with van der Waals surface area (Å²) in [6, 6.07) is 0.278. The number of H-pyrrole nitrogens is 1. The minimum atomic E-state index is -0.384.